The van der Waals surface area contributed by atoms with Gasteiger partial charge in [0.25, 0.3) is 0 Å². The van der Waals surface area contributed by atoms with Crippen LogP contribution in [0, 0.1) is 5.92 Å². The van der Waals surface area contributed by atoms with E-state index < -0.39 is 17.7 Å². The molecule has 5 nitrogen and oxygen atoms in total. The summed E-state index contributed by atoms with van der Waals surface area (Å²) in [6.45, 7) is 0.834. The molecule has 1 aliphatic rings. The third-order valence-corrected chi connectivity index (χ3v) is 4.21. The van der Waals surface area contributed by atoms with E-state index >= 15 is 0 Å². The van der Waals surface area contributed by atoms with E-state index in [4.69, 9.17) is 4.74 Å². The lowest BCUT2D eigenvalue weighted by Crippen LogP contribution is -2.46. The van der Waals surface area contributed by atoms with Crippen molar-refractivity contribution >= 4 is 11.8 Å². The molecule has 1 N–H and O–H groups in total. The number of halogens is 3. The Kier molecular flexibility index (Phi) is 6.41. The number of nitrogens with zero attached hydrogens (tertiary/aromatic N) is 1. The number of amides is 2. The van der Waals surface area contributed by atoms with E-state index in [0.29, 0.717) is 19.6 Å². The Balaban J connectivity index is 1.96. The average Bonchev–Trinajstić information content (AvgIpc) is 2.58. The number of hydrogen-bond donors (Lipinski definition) is 1. The molecule has 0 spiro atoms. The van der Waals surface area contributed by atoms with Crippen LogP contribution >= 0.6 is 0 Å². The summed E-state index contributed by atoms with van der Waals surface area (Å²) in [6, 6.07) is 5.16. The van der Waals surface area contributed by atoms with Gasteiger partial charge >= 0.3 is 6.18 Å². The molecule has 1 aromatic rings. The summed E-state index contributed by atoms with van der Waals surface area (Å²) >= 11 is 0. The molecule has 138 valence electrons. The molecule has 1 atom stereocenters. The highest BCUT2D eigenvalue weighted by molar-refractivity contribution is 5.83. The van der Waals surface area contributed by atoms with Gasteiger partial charge in [0.15, 0.2) is 0 Å². The number of benzene rings is 1. The van der Waals surface area contributed by atoms with Crippen LogP contribution in [0.3, 0.4) is 0 Å². The third-order valence-electron chi connectivity index (χ3n) is 4.21. The highest BCUT2D eigenvalue weighted by Gasteiger charge is 2.33. The van der Waals surface area contributed by atoms with E-state index in [1.165, 1.54) is 25.3 Å². The first kappa shape index (κ1) is 19.2. The Hall–Kier alpha value is -2.09. The molecule has 25 heavy (non-hydrogen) atoms. The number of ether oxygens (including phenoxy) is 1. The van der Waals surface area contributed by atoms with Crippen molar-refractivity contribution in [3.05, 3.63) is 35.4 Å². The Labute approximate surface area is 144 Å². The van der Waals surface area contributed by atoms with Crippen LogP contribution < -0.4 is 5.32 Å². The van der Waals surface area contributed by atoms with Gasteiger partial charge in [-0.05, 0) is 18.1 Å². The van der Waals surface area contributed by atoms with Gasteiger partial charge in [0, 0.05) is 33.2 Å². The highest BCUT2D eigenvalue weighted by Crippen LogP contribution is 2.31. The number of carbonyl (C=O) groups is 2. The minimum atomic E-state index is -4.46. The fraction of sp³-hybridized carbons (Fsp3) is 0.529. The zero-order chi connectivity index (χ0) is 18.4. The summed E-state index contributed by atoms with van der Waals surface area (Å²) in [6.07, 6.45) is -3.81. The summed E-state index contributed by atoms with van der Waals surface area (Å²) in [5.41, 5.74) is -0.734. The third kappa shape index (κ3) is 5.19. The zero-order valence-electron chi connectivity index (χ0n) is 13.9. The monoisotopic (exact) mass is 358 g/mol. The Morgan fingerprint density at radius 1 is 1.36 bits per heavy atom. The largest absolute Gasteiger partial charge is 0.416 e. The Morgan fingerprint density at radius 3 is 2.76 bits per heavy atom. The van der Waals surface area contributed by atoms with Gasteiger partial charge in [-0.15, -0.1) is 0 Å². The van der Waals surface area contributed by atoms with E-state index in [2.05, 4.69) is 5.32 Å². The van der Waals surface area contributed by atoms with Gasteiger partial charge in [-0.25, -0.2) is 0 Å². The second-order valence-electron chi connectivity index (χ2n) is 5.94. The van der Waals surface area contributed by atoms with Crippen LogP contribution in [0.4, 0.5) is 13.2 Å². The van der Waals surface area contributed by atoms with Crippen molar-refractivity contribution in [1.29, 1.82) is 0 Å². The predicted molar refractivity (Wildman–Crippen MR) is 84.5 cm³/mol. The fourth-order valence-corrected chi connectivity index (χ4v) is 2.82. The van der Waals surface area contributed by atoms with Gasteiger partial charge in [0.1, 0.15) is 0 Å². The van der Waals surface area contributed by atoms with Gasteiger partial charge < -0.3 is 15.0 Å². The molecule has 1 aromatic carbocycles. The molecule has 2 rings (SSSR count). The van der Waals surface area contributed by atoms with Gasteiger partial charge in [-0.1, -0.05) is 18.2 Å². The minimum absolute atomic E-state index is 0.0199. The number of alkyl halides is 3. The highest BCUT2D eigenvalue weighted by atomic mass is 19.4. The number of rotatable bonds is 6. The van der Waals surface area contributed by atoms with Crippen LogP contribution in [0.5, 0.6) is 0 Å². The molecule has 0 aliphatic carbocycles. The maximum Gasteiger partial charge on any atom is 0.416 e. The summed E-state index contributed by atoms with van der Waals surface area (Å²) in [7, 11) is 1.52. The first-order valence-electron chi connectivity index (χ1n) is 8.02. The molecule has 0 saturated carbocycles. The molecule has 0 radical (unpaired) electrons. The molecule has 1 aliphatic heterocycles. The molecule has 1 saturated heterocycles. The van der Waals surface area contributed by atoms with Crippen LogP contribution in [0.2, 0.25) is 0 Å². The molecule has 1 fully saturated rings. The summed E-state index contributed by atoms with van der Waals surface area (Å²) in [4.78, 5) is 25.7. The number of methoxy groups -OCH3 is 1. The molecule has 0 bridgehead atoms. The second-order valence-corrected chi connectivity index (χ2v) is 5.94. The van der Waals surface area contributed by atoms with Gasteiger partial charge in [0.2, 0.25) is 11.8 Å². The van der Waals surface area contributed by atoms with Crippen molar-refractivity contribution < 1.29 is 27.5 Å². The maximum atomic E-state index is 13.0. The van der Waals surface area contributed by atoms with E-state index in [9.17, 15) is 22.8 Å². The Morgan fingerprint density at radius 2 is 2.08 bits per heavy atom. The molecule has 2 amide bonds. The average molecular weight is 358 g/mol. The lowest BCUT2D eigenvalue weighted by Gasteiger charge is -2.31. The normalized spacial score (nSPS) is 18.3. The number of likely N-dealkylation sites (tertiary alicyclic amines) is 1. The molecule has 0 aromatic heterocycles. The van der Waals surface area contributed by atoms with Crippen molar-refractivity contribution in [2.45, 2.75) is 25.6 Å². The molecular formula is C17H21F3N2O3. The quantitative estimate of drug-likeness (QED) is 0.848. The van der Waals surface area contributed by atoms with Crippen LogP contribution in [0.15, 0.2) is 24.3 Å². The van der Waals surface area contributed by atoms with Gasteiger partial charge in [-0.3, -0.25) is 9.59 Å². The summed E-state index contributed by atoms with van der Waals surface area (Å²) < 4.78 is 43.9. The fourth-order valence-electron chi connectivity index (χ4n) is 2.82. The molecule has 0 unspecified atom stereocenters. The van der Waals surface area contributed by atoms with Gasteiger partial charge in [0.05, 0.1) is 18.1 Å². The number of hydrogen-bond acceptors (Lipinski definition) is 3. The van der Waals surface area contributed by atoms with Crippen LogP contribution in [-0.2, 0) is 27.0 Å². The number of nitrogens with one attached hydrogen (secondary N) is 1. The number of carbonyl (C=O) groups excluding carboxylic acids is 2. The van der Waals surface area contributed by atoms with Crippen LogP contribution in [-0.4, -0.2) is 43.5 Å². The lowest BCUT2D eigenvalue weighted by atomic mass is 9.96. The molecular weight excluding hydrogens is 337 g/mol. The minimum Gasteiger partial charge on any atom is -0.383 e. The van der Waals surface area contributed by atoms with Crippen molar-refractivity contribution in [2.24, 2.45) is 5.92 Å². The first-order valence-corrected chi connectivity index (χ1v) is 8.02. The van der Waals surface area contributed by atoms with Crippen molar-refractivity contribution in [2.75, 3.05) is 26.8 Å². The smallest absolute Gasteiger partial charge is 0.383 e. The number of piperidine rings is 1. The molecule has 8 heteroatoms. The van der Waals surface area contributed by atoms with E-state index in [-0.39, 0.29) is 36.9 Å². The predicted octanol–water partition coefficient (Wildman–Crippen LogP) is 2.21. The van der Waals surface area contributed by atoms with Crippen molar-refractivity contribution in [3.8, 4) is 0 Å². The van der Waals surface area contributed by atoms with E-state index in [1.807, 2.05) is 0 Å². The van der Waals surface area contributed by atoms with Crippen LogP contribution in [0.25, 0.3) is 0 Å². The van der Waals surface area contributed by atoms with Crippen LogP contribution in [0.1, 0.15) is 24.0 Å². The van der Waals surface area contributed by atoms with E-state index in [1.54, 1.807) is 4.90 Å². The van der Waals surface area contributed by atoms with Crippen molar-refractivity contribution in [1.82, 2.24) is 10.2 Å². The maximum absolute atomic E-state index is 13.0. The summed E-state index contributed by atoms with van der Waals surface area (Å²) in [5, 5.41) is 2.56. The molecule has 1 heterocycles. The SMILES string of the molecule is COCCN1C[C@H](C(=O)NCc2ccccc2C(F)(F)F)CCC1=O. The lowest BCUT2D eigenvalue weighted by molar-refractivity contribution is -0.140. The topological polar surface area (TPSA) is 58.6 Å². The van der Waals surface area contributed by atoms with Crippen molar-refractivity contribution in [3.63, 3.8) is 0 Å². The zero-order valence-corrected chi connectivity index (χ0v) is 13.9. The first-order chi connectivity index (χ1) is 11.8. The van der Waals surface area contributed by atoms with Gasteiger partial charge in [-0.2, -0.15) is 13.2 Å². The second kappa shape index (κ2) is 8.33. The van der Waals surface area contributed by atoms with E-state index in [0.717, 1.165) is 6.07 Å². The Bertz CT molecular complexity index is 619. The summed E-state index contributed by atoms with van der Waals surface area (Å²) in [5.74, 6) is -0.803. The standard InChI is InChI=1S/C17H21F3N2O3/c1-25-9-8-22-11-13(6-7-15(22)23)16(24)21-10-12-4-2-3-5-14(12)17(18,19)20/h2-5,13H,6-11H2,1H3,(H,21,24)/t13-/m1/s1.